The molecule has 2 aromatic rings. The van der Waals surface area contributed by atoms with Crippen molar-refractivity contribution in [2.24, 2.45) is 0 Å². The number of carbonyl (C=O) groups is 1. The molecule has 0 saturated heterocycles. The zero-order valence-electron chi connectivity index (χ0n) is 10.3. The normalized spacial score (nSPS) is 15.9. The molecule has 0 bridgehead atoms. The molecule has 0 spiro atoms. The van der Waals surface area contributed by atoms with Gasteiger partial charge in [-0.15, -0.1) is 0 Å². The summed E-state index contributed by atoms with van der Waals surface area (Å²) >= 11 is 0. The van der Waals surface area contributed by atoms with E-state index in [1.165, 1.54) is 29.0 Å². The van der Waals surface area contributed by atoms with Gasteiger partial charge >= 0.3 is 5.97 Å². The Morgan fingerprint density at radius 1 is 1.17 bits per heavy atom. The first-order chi connectivity index (χ1) is 8.79. The molecule has 2 heteroatoms. The molecule has 1 aliphatic carbocycles. The first-order valence-electron chi connectivity index (χ1n) is 6.09. The van der Waals surface area contributed by atoms with Gasteiger partial charge in [-0.3, -0.25) is 0 Å². The Hall–Kier alpha value is -2.09. The molecular weight excluding hydrogens is 224 g/mol. The van der Waals surface area contributed by atoms with Crippen LogP contribution in [0.5, 0.6) is 0 Å². The van der Waals surface area contributed by atoms with E-state index in [4.69, 9.17) is 4.74 Å². The van der Waals surface area contributed by atoms with E-state index < -0.39 is 0 Å². The predicted molar refractivity (Wildman–Crippen MR) is 72.3 cm³/mol. The van der Waals surface area contributed by atoms with E-state index in [1.807, 2.05) is 6.07 Å². The maximum absolute atomic E-state index is 11.4. The highest BCUT2D eigenvalue weighted by molar-refractivity contribution is 6.02. The van der Waals surface area contributed by atoms with Crippen LogP contribution >= 0.6 is 0 Å². The molecule has 0 unspecified atom stereocenters. The summed E-state index contributed by atoms with van der Waals surface area (Å²) in [6, 6.07) is 12.6. The van der Waals surface area contributed by atoms with Crippen LogP contribution in [-0.2, 0) is 16.0 Å². The van der Waals surface area contributed by atoms with Crippen LogP contribution in [0, 0.1) is 0 Å². The number of aryl methyl sites for hydroxylation is 1. The summed E-state index contributed by atoms with van der Waals surface area (Å²) in [5, 5.41) is 2.52. The lowest BCUT2D eigenvalue weighted by molar-refractivity contribution is -0.134. The third kappa shape index (κ3) is 1.70. The van der Waals surface area contributed by atoms with E-state index in [0.717, 1.165) is 18.4 Å². The van der Waals surface area contributed by atoms with Crippen LogP contribution in [0.1, 0.15) is 17.5 Å². The smallest absolute Gasteiger partial charge is 0.330 e. The third-order valence-electron chi connectivity index (χ3n) is 3.49. The molecule has 90 valence electrons. The Bertz CT molecular complexity index is 648. The number of rotatable bonds is 1. The van der Waals surface area contributed by atoms with Crippen LogP contribution in [0.25, 0.3) is 16.3 Å². The van der Waals surface area contributed by atoms with E-state index in [-0.39, 0.29) is 5.97 Å². The molecule has 0 amide bonds. The molecule has 1 aliphatic rings. The van der Waals surface area contributed by atoms with Gasteiger partial charge in [-0.1, -0.05) is 36.4 Å². The number of esters is 1. The van der Waals surface area contributed by atoms with Gasteiger partial charge in [-0.05, 0) is 40.3 Å². The highest BCUT2D eigenvalue weighted by atomic mass is 16.5. The van der Waals surface area contributed by atoms with Gasteiger partial charge in [-0.2, -0.15) is 0 Å². The second-order valence-corrected chi connectivity index (χ2v) is 4.51. The number of benzene rings is 2. The fourth-order valence-corrected chi connectivity index (χ4v) is 2.65. The zero-order valence-corrected chi connectivity index (χ0v) is 10.3. The standard InChI is InChI=1S/C16H14O2/c1-18-15(17)10-13-9-8-12-5-2-4-11-6-3-7-14(13)16(11)12/h2-7,10H,8-9H2,1H3/b13-10-. The first-order valence-corrected chi connectivity index (χ1v) is 6.09. The first kappa shape index (κ1) is 11.0. The van der Waals surface area contributed by atoms with Gasteiger partial charge in [0.05, 0.1) is 7.11 Å². The van der Waals surface area contributed by atoms with Crippen LogP contribution < -0.4 is 0 Å². The number of methoxy groups -OCH3 is 1. The zero-order chi connectivity index (χ0) is 12.5. The van der Waals surface area contributed by atoms with Gasteiger partial charge in [0, 0.05) is 6.08 Å². The maximum atomic E-state index is 11.4. The lowest BCUT2D eigenvalue weighted by Gasteiger charge is -2.19. The average molecular weight is 238 g/mol. The minimum atomic E-state index is -0.276. The molecule has 3 rings (SSSR count). The summed E-state index contributed by atoms with van der Waals surface area (Å²) in [5.41, 5.74) is 3.61. The van der Waals surface area contributed by atoms with Gasteiger partial charge in [0.25, 0.3) is 0 Å². The molecule has 0 aliphatic heterocycles. The lowest BCUT2D eigenvalue weighted by Crippen LogP contribution is -2.03. The van der Waals surface area contributed by atoms with Gasteiger partial charge in [0.2, 0.25) is 0 Å². The predicted octanol–water partition coefficient (Wildman–Crippen LogP) is 3.34. The van der Waals surface area contributed by atoms with E-state index in [9.17, 15) is 4.79 Å². The maximum Gasteiger partial charge on any atom is 0.330 e. The topological polar surface area (TPSA) is 26.3 Å². The highest BCUT2D eigenvalue weighted by Gasteiger charge is 2.16. The fourth-order valence-electron chi connectivity index (χ4n) is 2.65. The molecule has 0 fully saturated rings. The molecule has 0 N–H and O–H groups in total. The second-order valence-electron chi connectivity index (χ2n) is 4.51. The van der Waals surface area contributed by atoms with Crippen LogP contribution in [0.3, 0.4) is 0 Å². The van der Waals surface area contributed by atoms with Crippen LogP contribution in [0.15, 0.2) is 42.5 Å². The Kier molecular flexibility index (Phi) is 2.63. The van der Waals surface area contributed by atoms with Crippen molar-refractivity contribution >= 4 is 22.3 Å². The molecule has 0 atom stereocenters. The molecular formula is C16H14O2. The van der Waals surface area contributed by atoms with Crippen molar-refractivity contribution in [2.75, 3.05) is 7.11 Å². The highest BCUT2D eigenvalue weighted by Crippen LogP contribution is 2.35. The molecule has 0 radical (unpaired) electrons. The summed E-state index contributed by atoms with van der Waals surface area (Å²) in [7, 11) is 1.41. The van der Waals surface area contributed by atoms with Crippen molar-refractivity contribution in [1.82, 2.24) is 0 Å². The molecule has 0 heterocycles. The quantitative estimate of drug-likeness (QED) is 0.562. The number of carbonyl (C=O) groups excluding carboxylic acids is 1. The van der Waals surface area contributed by atoms with Crippen molar-refractivity contribution < 1.29 is 9.53 Å². The number of allylic oxidation sites excluding steroid dienone is 1. The van der Waals surface area contributed by atoms with Gasteiger partial charge in [0.15, 0.2) is 0 Å². The van der Waals surface area contributed by atoms with Crippen molar-refractivity contribution in [1.29, 1.82) is 0 Å². The van der Waals surface area contributed by atoms with E-state index >= 15 is 0 Å². The lowest BCUT2D eigenvalue weighted by atomic mass is 9.85. The van der Waals surface area contributed by atoms with Crippen LogP contribution in [0.4, 0.5) is 0 Å². The molecule has 0 saturated carbocycles. The van der Waals surface area contributed by atoms with Crippen molar-refractivity contribution in [2.45, 2.75) is 12.8 Å². The summed E-state index contributed by atoms with van der Waals surface area (Å²) in [6.45, 7) is 0. The summed E-state index contributed by atoms with van der Waals surface area (Å²) in [4.78, 5) is 11.4. The van der Waals surface area contributed by atoms with Gasteiger partial charge in [-0.25, -0.2) is 4.79 Å². The monoisotopic (exact) mass is 238 g/mol. The van der Waals surface area contributed by atoms with E-state index in [1.54, 1.807) is 6.08 Å². The van der Waals surface area contributed by atoms with Gasteiger partial charge < -0.3 is 4.74 Å². The number of hydrogen-bond acceptors (Lipinski definition) is 2. The summed E-state index contributed by atoms with van der Waals surface area (Å²) < 4.78 is 4.72. The van der Waals surface area contributed by atoms with E-state index in [0.29, 0.717) is 0 Å². The minimum absolute atomic E-state index is 0.276. The largest absolute Gasteiger partial charge is 0.466 e. The molecule has 2 aromatic carbocycles. The summed E-state index contributed by atoms with van der Waals surface area (Å²) in [6.07, 6.45) is 3.49. The Morgan fingerprint density at radius 3 is 2.72 bits per heavy atom. The van der Waals surface area contributed by atoms with Crippen molar-refractivity contribution in [3.63, 3.8) is 0 Å². The molecule has 18 heavy (non-hydrogen) atoms. The Morgan fingerprint density at radius 2 is 1.94 bits per heavy atom. The average Bonchev–Trinajstić information content (AvgIpc) is 2.42. The number of hydrogen-bond donors (Lipinski definition) is 0. The minimum Gasteiger partial charge on any atom is -0.466 e. The Balaban J connectivity index is 2.24. The van der Waals surface area contributed by atoms with Crippen molar-refractivity contribution in [3.05, 3.63) is 53.6 Å². The Labute approximate surface area is 106 Å². The molecule has 0 aromatic heterocycles. The fraction of sp³-hybridized carbons (Fsp3) is 0.188. The SMILES string of the molecule is COC(=O)/C=C1/CCc2cccc3cccc1c23. The third-order valence-corrected chi connectivity index (χ3v) is 3.49. The number of ether oxygens (including phenoxy) is 1. The second kappa shape index (κ2) is 4.30. The van der Waals surface area contributed by atoms with Gasteiger partial charge in [0.1, 0.15) is 0 Å². The van der Waals surface area contributed by atoms with Crippen molar-refractivity contribution in [3.8, 4) is 0 Å². The summed E-state index contributed by atoms with van der Waals surface area (Å²) in [5.74, 6) is -0.276. The van der Waals surface area contributed by atoms with Crippen LogP contribution in [-0.4, -0.2) is 13.1 Å². The van der Waals surface area contributed by atoms with E-state index in [2.05, 4.69) is 30.3 Å². The van der Waals surface area contributed by atoms with Crippen LogP contribution in [0.2, 0.25) is 0 Å². The molecule has 2 nitrogen and oxygen atoms in total.